The number of hydrogen-bond donors (Lipinski definition) is 1. The summed E-state index contributed by atoms with van der Waals surface area (Å²) in [4.78, 5) is 22.7. The second kappa shape index (κ2) is 9.41. The number of carbonyl (C=O) groups is 1. The van der Waals surface area contributed by atoms with Crippen LogP contribution >= 0.6 is 0 Å². The third kappa shape index (κ3) is 5.72. The Bertz CT molecular complexity index is 737. The van der Waals surface area contributed by atoms with Crippen LogP contribution in [0.15, 0.2) is 36.7 Å². The minimum Gasteiger partial charge on any atom is -0.492 e. The van der Waals surface area contributed by atoms with E-state index in [1.807, 2.05) is 11.8 Å². The number of halogens is 1. The van der Waals surface area contributed by atoms with Crippen molar-refractivity contribution >= 4 is 5.91 Å². The smallest absolute Gasteiger partial charge is 0.223 e. The summed E-state index contributed by atoms with van der Waals surface area (Å²) < 4.78 is 18.4. The second-order valence-electron chi connectivity index (χ2n) is 6.70. The minimum atomic E-state index is -0.271. The Hall–Kier alpha value is -2.54. The zero-order valence-corrected chi connectivity index (χ0v) is 15.5. The highest BCUT2D eigenvalue weighted by Crippen LogP contribution is 2.23. The van der Waals surface area contributed by atoms with Gasteiger partial charge in [0.15, 0.2) is 0 Å². The van der Waals surface area contributed by atoms with Gasteiger partial charge in [-0.05, 0) is 50.6 Å². The summed E-state index contributed by atoms with van der Waals surface area (Å²) in [7, 11) is 0. The molecule has 1 aliphatic rings. The van der Waals surface area contributed by atoms with Gasteiger partial charge in [-0.1, -0.05) is 0 Å². The molecule has 0 radical (unpaired) electrons. The lowest BCUT2D eigenvalue weighted by Gasteiger charge is -2.24. The highest BCUT2D eigenvalue weighted by molar-refractivity contribution is 5.78. The molecule has 0 saturated carbocycles. The zero-order chi connectivity index (χ0) is 19.1. The van der Waals surface area contributed by atoms with Gasteiger partial charge in [-0.2, -0.15) is 0 Å². The van der Waals surface area contributed by atoms with Crippen LogP contribution in [0, 0.1) is 12.7 Å². The fraction of sp³-hybridized carbons (Fsp3) is 0.450. The van der Waals surface area contributed by atoms with E-state index in [0.717, 1.165) is 30.8 Å². The maximum atomic E-state index is 12.8. The van der Waals surface area contributed by atoms with Gasteiger partial charge in [0.1, 0.15) is 18.2 Å². The average molecular weight is 372 g/mol. The number of nitrogens with zero attached hydrogens (tertiary/aromatic N) is 3. The van der Waals surface area contributed by atoms with Gasteiger partial charge in [-0.25, -0.2) is 4.39 Å². The van der Waals surface area contributed by atoms with Crippen molar-refractivity contribution in [1.82, 2.24) is 20.2 Å². The van der Waals surface area contributed by atoms with E-state index in [0.29, 0.717) is 31.9 Å². The van der Waals surface area contributed by atoms with Crippen molar-refractivity contribution in [3.05, 3.63) is 53.9 Å². The van der Waals surface area contributed by atoms with E-state index >= 15 is 0 Å². The summed E-state index contributed by atoms with van der Waals surface area (Å²) in [6.45, 7) is 4.43. The van der Waals surface area contributed by atoms with E-state index < -0.39 is 0 Å². The van der Waals surface area contributed by atoms with Crippen LogP contribution in [-0.4, -0.2) is 46.5 Å². The molecule has 1 aromatic carbocycles. The topological polar surface area (TPSA) is 67.4 Å². The van der Waals surface area contributed by atoms with Gasteiger partial charge < -0.3 is 15.0 Å². The summed E-state index contributed by atoms with van der Waals surface area (Å²) in [5.41, 5.74) is 1.69. The second-order valence-corrected chi connectivity index (χ2v) is 6.70. The van der Waals surface area contributed by atoms with Crippen molar-refractivity contribution in [2.75, 3.05) is 19.7 Å². The van der Waals surface area contributed by atoms with Gasteiger partial charge in [-0.15, -0.1) is 0 Å². The first-order valence-corrected chi connectivity index (χ1v) is 9.28. The fourth-order valence-electron chi connectivity index (χ4n) is 3.15. The first-order chi connectivity index (χ1) is 13.1. The molecule has 144 valence electrons. The molecule has 2 aromatic rings. The number of aryl methyl sites for hydroxylation is 1. The Labute approximate surface area is 158 Å². The molecule has 1 aliphatic heterocycles. The Morgan fingerprint density at radius 2 is 2.04 bits per heavy atom. The Balaban J connectivity index is 1.37. The van der Waals surface area contributed by atoms with Gasteiger partial charge in [0.05, 0.1) is 24.1 Å². The number of rotatable bonds is 9. The normalized spacial score (nSPS) is 16.7. The number of likely N-dealkylation sites (tertiary alicyclic amines) is 1. The molecular formula is C20H25FN4O2. The molecule has 6 nitrogen and oxygen atoms in total. The van der Waals surface area contributed by atoms with E-state index in [4.69, 9.17) is 4.74 Å². The molecule has 3 rings (SSSR count). The summed E-state index contributed by atoms with van der Waals surface area (Å²) >= 11 is 0. The lowest BCUT2D eigenvalue weighted by atomic mass is 10.1. The summed E-state index contributed by atoms with van der Waals surface area (Å²) in [6, 6.07) is 6.22. The van der Waals surface area contributed by atoms with Crippen LogP contribution in [0.1, 0.15) is 30.7 Å². The van der Waals surface area contributed by atoms with E-state index in [1.165, 1.54) is 12.1 Å². The number of ether oxygens (including phenoxy) is 1. The van der Waals surface area contributed by atoms with Crippen LogP contribution < -0.4 is 10.1 Å². The molecule has 0 unspecified atom stereocenters. The third-order valence-corrected chi connectivity index (χ3v) is 4.63. The molecule has 1 N–H and O–H groups in total. The molecule has 0 spiro atoms. The Morgan fingerprint density at radius 3 is 2.78 bits per heavy atom. The van der Waals surface area contributed by atoms with Crippen LogP contribution in [-0.2, 0) is 11.3 Å². The molecule has 0 aliphatic carbocycles. The van der Waals surface area contributed by atoms with E-state index in [-0.39, 0.29) is 17.8 Å². The maximum absolute atomic E-state index is 12.8. The van der Waals surface area contributed by atoms with Gasteiger partial charge >= 0.3 is 0 Å². The van der Waals surface area contributed by atoms with E-state index in [9.17, 15) is 9.18 Å². The first-order valence-electron chi connectivity index (χ1n) is 9.28. The molecular weight excluding hydrogens is 347 g/mol. The molecule has 7 heteroatoms. The predicted octanol–water partition coefficient (Wildman–Crippen LogP) is 2.47. The summed E-state index contributed by atoms with van der Waals surface area (Å²) in [5.74, 6) is 0.569. The van der Waals surface area contributed by atoms with Crippen LogP contribution in [0.3, 0.4) is 0 Å². The lowest BCUT2D eigenvalue weighted by Crippen LogP contribution is -2.35. The van der Waals surface area contributed by atoms with Crippen molar-refractivity contribution < 1.29 is 13.9 Å². The third-order valence-electron chi connectivity index (χ3n) is 4.63. The van der Waals surface area contributed by atoms with Crippen LogP contribution in [0.25, 0.3) is 0 Å². The van der Waals surface area contributed by atoms with Crippen LogP contribution in [0.2, 0.25) is 0 Å². The van der Waals surface area contributed by atoms with Gasteiger partial charge in [0.25, 0.3) is 0 Å². The van der Waals surface area contributed by atoms with Crippen molar-refractivity contribution in [2.24, 2.45) is 0 Å². The number of benzene rings is 1. The van der Waals surface area contributed by atoms with Gasteiger partial charge in [0.2, 0.25) is 5.91 Å². The number of nitrogens with one attached hydrogen (secondary N) is 1. The zero-order valence-electron chi connectivity index (χ0n) is 15.5. The average Bonchev–Trinajstić information content (AvgIpc) is 3.01. The molecule has 1 fully saturated rings. The van der Waals surface area contributed by atoms with Gasteiger partial charge in [-0.3, -0.25) is 14.8 Å². The molecule has 1 atom stereocenters. The SMILES string of the molecule is Cc1cnc(CN2C(=O)CC[C@H]2CCNCCOc2ccc(F)cc2)cn1. The lowest BCUT2D eigenvalue weighted by molar-refractivity contribution is -0.129. The van der Waals surface area contributed by atoms with Crippen molar-refractivity contribution in [2.45, 2.75) is 38.8 Å². The summed E-state index contributed by atoms with van der Waals surface area (Å²) in [5, 5.41) is 3.34. The van der Waals surface area contributed by atoms with Crippen molar-refractivity contribution in [3.63, 3.8) is 0 Å². The number of aromatic nitrogens is 2. The molecule has 1 amide bonds. The van der Waals surface area contributed by atoms with E-state index in [2.05, 4.69) is 15.3 Å². The van der Waals surface area contributed by atoms with Gasteiger partial charge in [0, 0.05) is 25.2 Å². The van der Waals surface area contributed by atoms with Crippen LogP contribution in [0.4, 0.5) is 4.39 Å². The molecule has 1 aromatic heterocycles. The highest BCUT2D eigenvalue weighted by Gasteiger charge is 2.30. The molecule has 27 heavy (non-hydrogen) atoms. The van der Waals surface area contributed by atoms with Crippen LogP contribution in [0.5, 0.6) is 5.75 Å². The number of amides is 1. The fourth-order valence-corrected chi connectivity index (χ4v) is 3.15. The minimum absolute atomic E-state index is 0.182. The number of carbonyl (C=O) groups excluding carboxylic acids is 1. The maximum Gasteiger partial charge on any atom is 0.223 e. The van der Waals surface area contributed by atoms with E-state index in [1.54, 1.807) is 24.5 Å². The van der Waals surface area contributed by atoms with Crippen molar-refractivity contribution in [3.8, 4) is 5.75 Å². The highest BCUT2D eigenvalue weighted by atomic mass is 19.1. The Kier molecular flexibility index (Phi) is 6.70. The Morgan fingerprint density at radius 1 is 1.22 bits per heavy atom. The first kappa shape index (κ1) is 19.2. The summed E-state index contributed by atoms with van der Waals surface area (Å²) in [6.07, 6.45) is 5.84. The predicted molar refractivity (Wildman–Crippen MR) is 99.7 cm³/mol. The largest absolute Gasteiger partial charge is 0.492 e. The monoisotopic (exact) mass is 372 g/mol. The number of hydrogen-bond acceptors (Lipinski definition) is 5. The molecule has 1 saturated heterocycles. The molecule has 0 bridgehead atoms. The molecule has 2 heterocycles. The van der Waals surface area contributed by atoms with Crippen molar-refractivity contribution in [1.29, 1.82) is 0 Å². The quantitative estimate of drug-likeness (QED) is 0.685. The standard InChI is InChI=1S/C20H25FN4O2/c1-15-12-24-17(13-23-15)14-25-18(4-7-20(25)26)8-9-22-10-11-27-19-5-2-16(21)3-6-19/h2-3,5-6,12-13,18,22H,4,7-11,14H2,1H3/t18-/m0/s1.